The van der Waals surface area contributed by atoms with Crippen molar-refractivity contribution in [1.82, 2.24) is 15.5 Å². The molecule has 154 valence electrons. The van der Waals surface area contributed by atoms with Gasteiger partial charge < -0.3 is 25.2 Å². The van der Waals surface area contributed by atoms with E-state index >= 15 is 0 Å². The number of carbonyl (C=O) groups is 4. The highest BCUT2D eigenvalue weighted by Crippen LogP contribution is 2.46. The number of alkyl carbamates (subject to hydrolysis) is 1. The van der Waals surface area contributed by atoms with Gasteiger partial charge >= 0.3 is 12.1 Å². The zero-order chi connectivity index (χ0) is 21.2. The van der Waals surface area contributed by atoms with Crippen LogP contribution in [0.15, 0.2) is 41.6 Å². The molecular formula is C18H19N3O7S. The minimum absolute atomic E-state index is 0.180. The number of nitrogens with one attached hydrogen (secondary N) is 2. The Bertz CT molecular complexity index is 889. The molecule has 3 rings (SSSR count). The van der Waals surface area contributed by atoms with E-state index in [1.807, 2.05) is 0 Å². The minimum Gasteiger partial charge on any atom is -0.477 e. The fraction of sp³-hybridized carbons (Fsp3) is 0.333. The summed E-state index contributed by atoms with van der Waals surface area (Å²) in [5, 5.41) is 13.7. The van der Waals surface area contributed by atoms with Crippen LogP contribution in [0.2, 0.25) is 0 Å². The highest BCUT2D eigenvalue weighted by molar-refractivity contribution is 8.00. The minimum atomic E-state index is -1.69. The lowest BCUT2D eigenvalue weighted by Gasteiger charge is -2.55. The van der Waals surface area contributed by atoms with Crippen molar-refractivity contribution >= 4 is 35.6 Å². The summed E-state index contributed by atoms with van der Waals surface area (Å²) in [6.07, 6.45) is -0.717. The number of fused-ring (bicyclic) bond motifs is 1. The van der Waals surface area contributed by atoms with Crippen LogP contribution in [0.3, 0.4) is 0 Å². The molecule has 3 N–H and O–H groups in total. The van der Waals surface area contributed by atoms with Crippen LogP contribution in [-0.4, -0.2) is 71.5 Å². The molecule has 1 unspecified atom stereocenters. The van der Waals surface area contributed by atoms with Gasteiger partial charge in [-0.1, -0.05) is 18.2 Å². The molecule has 11 heteroatoms. The maximum Gasteiger partial charge on any atom is 0.407 e. The monoisotopic (exact) mass is 421 g/mol. The van der Waals surface area contributed by atoms with Gasteiger partial charge in [0.2, 0.25) is 0 Å². The number of carboxylic acids is 1. The van der Waals surface area contributed by atoms with Crippen LogP contribution >= 0.6 is 11.8 Å². The Labute approximate surface area is 170 Å². The first-order valence-electron chi connectivity index (χ1n) is 8.53. The Balaban J connectivity index is 1.85. The molecular weight excluding hydrogens is 402 g/mol. The number of methoxy groups -OCH3 is 1. The van der Waals surface area contributed by atoms with Gasteiger partial charge in [0.25, 0.3) is 17.5 Å². The van der Waals surface area contributed by atoms with Crippen LogP contribution in [0, 0.1) is 0 Å². The maximum atomic E-state index is 12.9. The second kappa shape index (κ2) is 8.13. The molecule has 1 fully saturated rings. The number of rotatable bonds is 6. The van der Waals surface area contributed by atoms with Crippen molar-refractivity contribution < 1.29 is 33.8 Å². The molecule has 2 aliphatic heterocycles. The van der Waals surface area contributed by atoms with Gasteiger partial charge in [-0.15, -0.1) is 11.8 Å². The Morgan fingerprint density at radius 2 is 2.00 bits per heavy atom. The molecule has 0 radical (unpaired) electrons. The van der Waals surface area contributed by atoms with Gasteiger partial charge in [-0.05, 0) is 12.1 Å². The third-order valence-electron chi connectivity index (χ3n) is 4.55. The highest BCUT2D eigenvalue weighted by atomic mass is 32.2. The molecule has 10 nitrogen and oxygen atoms in total. The molecule has 1 aromatic carbocycles. The molecule has 2 heterocycles. The first kappa shape index (κ1) is 20.7. The second-order valence-corrected chi connectivity index (χ2v) is 7.25. The van der Waals surface area contributed by atoms with Gasteiger partial charge in [0.15, 0.2) is 0 Å². The predicted octanol–water partition coefficient (Wildman–Crippen LogP) is 0.369. The van der Waals surface area contributed by atoms with Crippen molar-refractivity contribution in [1.29, 1.82) is 0 Å². The van der Waals surface area contributed by atoms with Crippen LogP contribution in [-0.2, 0) is 19.1 Å². The molecule has 2 aliphatic rings. The molecule has 1 saturated heterocycles. The number of nitrogens with zero attached hydrogens (tertiary/aromatic N) is 1. The highest BCUT2D eigenvalue weighted by Gasteiger charge is 2.66. The van der Waals surface area contributed by atoms with Gasteiger partial charge in [0, 0.05) is 31.0 Å². The number of ether oxygens (including phenoxy) is 2. The summed E-state index contributed by atoms with van der Waals surface area (Å²) >= 11 is 1.21. The van der Waals surface area contributed by atoms with Crippen LogP contribution in [0.25, 0.3) is 0 Å². The van der Waals surface area contributed by atoms with Gasteiger partial charge in [-0.25, -0.2) is 9.59 Å². The normalized spacial score (nSPS) is 23.0. The first-order valence-corrected chi connectivity index (χ1v) is 9.58. The summed E-state index contributed by atoms with van der Waals surface area (Å²) in [6.45, 7) is -0.277. The fourth-order valence-electron chi connectivity index (χ4n) is 3.11. The average Bonchev–Trinajstić information content (AvgIpc) is 2.74. The largest absolute Gasteiger partial charge is 0.477 e. The molecule has 0 aliphatic carbocycles. The summed E-state index contributed by atoms with van der Waals surface area (Å²) in [5.74, 6) is -2.38. The number of carbonyl (C=O) groups excluding carboxylic acids is 3. The van der Waals surface area contributed by atoms with E-state index in [-0.39, 0.29) is 23.6 Å². The third-order valence-corrected chi connectivity index (χ3v) is 5.93. The van der Waals surface area contributed by atoms with E-state index in [2.05, 4.69) is 10.6 Å². The zero-order valence-electron chi connectivity index (χ0n) is 15.6. The number of thioether (sulfide) groups is 1. The topological polar surface area (TPSA) is 134 Å². The van der Waals surface area contributed by atoms with Crippen molar-refractivity contribution in [2.45, 2.75) is 11.1 Å². The van der Waals surface area contributed by atoms with E-state index in [0.29, 0.717) is 5.56 Å². The molecule has 0 aromatic heterocycles. The Morgan fingerprint density at radius 3 is 2.59 bits per heavy atom. The van der Waals surface area contributed by atoms with E-state index in [9.17, 15) is 24.3 Å². The van der Waals surface area contributed by atoms with Gasteiger partial charge in [-0.3, -0.25) is 14.5 Å². The number of benzene rings is 1. The van der Waals surface area contributed by atoms with Gasteiger partial charge in [0.1, 0.15) is 17.7 Å². The fourth-order valence-corrected chi connectivity index (χ4v) is 4.53. The molecule has 1 aromatic rings. The van der Waals surface area contributed by atoms with E-state index in [4.69, 9.17) is 9.47 Å². The van der Waals surface area contributed by atoms with E-state index in [1.165, 1.54) is 25.9 Å². The average molecular weight is 421 g/mol. The van der Waals surface area contributed by atoms with Gasteiger partial charge in [-0.2, -0.15) is 0 Å². The third kappa shape index (κ3) is 3.54. The van der Waals surface area contributed by atoms with Crippen molar-refractivity contribution in [2.75, 3.05) is 26.5 Å². The van der Waals surface area contributed by atoms with Crippen LogP contribution < -0.4 is 10.6 Å². The summed E-state index contributed by atoms with van der Waals surface area (Å²) in [4.78, 5) is 49.6. The Morgan fingerprint density at radius 1 is 1.31 bits per heavy atom. The standard InChI is InChI=1S/C18H19N3O7S/c1-19-17(26)28-8-11-9-29-16-18(27-2,15(25)21(16)12(11)14(23)24)20-13(22)10-6-4-3-5-7-10/h3-7,16H,8-9H2,1-2H3,(H,19,26)(H,20,22)(H,23,24)/t16-,18?/m0/s1. The lowest BCUT2D eigenvalue weighted by Crippen LogP contribution is -2.80. The summed E-state index contributed by atoms with van der Waals surface area (Å²) in [6, 6.07) is 8.29. The van der Waals surface area contributed by atoms with Crippen molar-refractivity contribution in [3.05, 3.63) is 47.2 Å². The molecule has 0 spiro atoms. The smallest absolute Gasteiger partial charge is 0.407 e. The van der Waals surface area contributed by atoms with Gasteiger partial charge in [0.05, 0.1) is 0 Å². The number of hydrogen-bond acceptors (Lipinski definition) is 7. The maximum absolute atomic E-state index is 12.9. The Hall–Kier alpha value is -3.05. The number of amides is 3. The van der Waals surface area contributed by atoms with Crippen LogP contribution in [0.4, 0.5) is 4.79 Å². The number of β-lactam (4-membered cyclic amide) rings is 1. The van der Waals surface area contributed by atoms with E-state index in [1.54, 1.807) is 30.3 Å². The lowest BCUT2D eigenvalue weighted by molar-refractivity contribution is -0.188. The molecule has 3 amide bonds. The Kier molecular flexibility index (Phi) is 5.80. The quantitative estimate of drug-likeness (QED) is 0.443. The molecule has 29 heavy (non-hydrogen) atoms. The summed E-state index contributed by atoms with van der Waals surface area (Å²) < 4.78 is 10.3. The predicted molar refractivity (Wildman–Crippen MR) is 102 cm³/mol. The van der Waals surface area contributed by atoms with Crippen LogP contribution in [0.5, 0.6) is 0 Å². The first-order chi connectivity index (χ1) is 13.9. The number of hydrogen-bond donors (Lipinski definition) is 3. The SMILES string of the molecule is CNC(=O)OCC1=C(C(=O)O)N2C(=O)C(NC(=O)c3ccccc3)(OC)[C@@H]2SC1. The summed E-state index contributed by atoms with van der Waals surface area (Å²) in [5.41, 5.74) is -1.35. The van der Waals surface area contributed by atoms with Crippen molar-refractivity contribution in [2.24, 2.45) is 0 Å². The van der Waals surface area contributed by atoms with E-state index in [0.717, 1.165) is 4.90 Å². The van der Waals surface area contributed by atoms with Crippen molar-refractivity contribution in [3.63, 3.8) is 0 Å². The molecule has 2 atom stereocenters. The lowest BCUT2D eigenvalue weighted by atomic mass is 9.97. The number of carboxylic acid groups (broad SMARTS) is 1. The van der Waals surface area contributed by atoms with Crippen molar-refractivity contribution in [3.8, 4) is 0 Å². The van der Waals surface area contributed by atoms with E-state index < -0.39 is 35.0 Å². The number of aliphatic carboxylic acids is 1. The zero-order valence-corrected chi connectivity index (χ0v) is 16.4. The molecule has 0 saturated carbocycles. The second-order valence-electron chi connectivity index (χ2n) is 6.18. The van der Waals surface area contributed by atoms with Crippen LogP contribution in [0.1, 0.15) is 10.4 Å². The molecule has 0 bridgehead atoms. The summed E-state index contributed by atoms with van der Waals surface area (Å²) in [7, 11) is 2.65.